The average molecular weight is 309 g/mol. The minimum atomic E-state index is -0.410. The predicted molar refractivity (Wildman–Crippen MR) is 88.6 cm³/mol. The monoisotopic (exact) mass is 309 g/mol. The zero-order valence-corrected chi connectivity index (χ0v) is 12.6. The first-order valence-corrected chi connectivity index (χ1v) is 7.02. The van der Waals surface area contributed by atoms with Gasteiger partial charge in [0.2, 0.25) is 0 Å². The van der Waals surface area contributed by atoms with Crippen molar-refractivity contribution in [2.45, 2.75) is 6.54 Å². The van der Waals surface area contributed by atoms with Crippen LogP contribution in [0.3, 0.4) is 0 Å². The molecule has 0 aliphatic heterocycles. The van der Waals surface area contributed by atoms with Crippen LogP contribution in [0.5, 0.6) is 5.75 Å². The Morgan fingerprint density at radius 1 is 1.30 bits per heavy atom. The van der Waals surface area contributed by atoms with Crippen LogP contribution in [0.15, 0.2) is 49.0 Å². The maximum absolute atomic E-state index is 10.9. The van der Waals surface area contributed by atoms with Crippen LogP contribution in [-0.2, 0) is 6.54 Å². The average Bonchev–Trinajstić information content (AvgIpc) is 2.92. The SMILES string of the molecule is C=Cc1nn(Cc2ccc(OC)cc2)c2ccc([N+](=O)[O-])cc12. The summed E-state index contributed by atoms with van der Waals surface area (Å²) in [6.45, 7) is 4.30. The van der Waals surface area contributed by atoms with E-state index in [1.54, 1.807) is 19.3 Å². The molecule has 0 fully saturated rings. The van der Waals surface area contributed by atoms with Crippen LogP contribution >= 0.6 is 0 Å². The van der Waals surface area contributed by atoms with Gasteiger partial charge in [0.25, 0.3) is 5.69 Å². The third-order valence-electron chi connectivity index (χ3n) is 3.66. The molecule has 0 spiro atoms. The summed E-state index contributed by atoms with van der Waals surface area (Å²) in [5, 5.41) is 16.2. The van der Waals surface area contributed by atoms with Crippen LogP contribution in [0, 0.1) is 10.1 Å². The highest BCUT2D eigenvalue weighted by Gasteiger charge is 2.13. The summed E-state index contributed by atoms with van der Waals surface area (Å²) in [4.78, 5) is 10.5. The highest BCUT2D eigenvalue weighted by atomic mass is 16.6. The van der Waals surface area contributed by atoms with Gasteiger partial charge in [-0.05, 0) is 29.8 Å². The molecule has 3 rings (SSSR count). The lowest BCUT2D eigenvalue weighted by molar-refractivity contribution is -0.384. The molecule has 23 heavy (non-hydrogen) atoms. The zero-order chi connectivity index (χ0) is 16.4. The molecular weight excluding hydrogens is 294 g/mol. The summed E-state index contributed by atoms with van der Waals surface area (Å²) in [5.74, 6) is 0.793. The lowest BCUT2D eigenvalue weighted by Crippen LogP contribution is -2.01. The number of nitro benzene ring substituents is 1. The Kier molecular flexibility index (Phi) is 3.80. The third kappa shape index (κ3) is 2.78. The predicted octanol–water partition coefficient (Wildman–Crippen LogP) is 3.64. The zero-order valence-electron chi connectivity index (χ0n) is 12.6. The highest BCUT2D eigenvalue weighted by Crippen LogP contribution is 2.25. The molecular formula is C17H15N3O3. The second-order valence-corrected chi connectivity index (χ2v) is 5.05. The number of nitro groups is 1. The highest BCUT2D eigenvalue weighted by molar-refractivity contribution is 5.88. The second kappa shape index (κ2) is 5.92. The summed E-state index contributed by atoms with van der Waals surface area (Å²) in [6.07, 6.45) is 1.61. The van der Waals surface area contributed by atoms with Crippen LogP contribution in [-0.4, -0.2) is 21.8 Å². The Morgan fingerprint density at radius 2 is 2.04 bits per heavy atom. The van der Waals surface area contributed by atoms with Crippen molar-refractivity contribution in [3.05, 3.63) is 70.4 Å². The normalized spacial score (nSPS) is 10.7. The molecule has 6 heteroatoms. The number of fused-ring (bicyclic) bond motifs is 1. The van der Waals surface area contributed by atoms with Gasteiger partial charge in [-0.25, -0.2) is 0 Å². The van der Waals surface area contributed by atoms with E-state index in [4.69, 9.17) is 4.74 Å². The number of non-ortho nitro benzene ring substituents is 1. The Bertz CT molecular complexity index is 882. The first kappa shape index (κ1) is 14.8. The van der Waals surface area contributed by atoms with Gasteiger partial charge >= 0.3 is 0 Å². The first-order chi connectivity index (χ1) is 11.1. The molecule has 116 valence electrons. The van der Waals surface area contributed by atoms with Crippen molar-refractivity contribution < 1.29 is 9.66 Å². The number of methoxy groups -OCH3 is 1. The smallest absolute Gasteiger partial charge is 0.270 e. The molecule has 0 saturated carbocycles. The molecule has 0 aliphatic rings. The molecule has 3 aromatic rings. The molecule has 2 aromatic carbocycles. The Balaban J connectivity index is 2.03. The number of aromatic nitrogens is 2. The minimum absolute atomic E-state index is 0.0459. The fourth-order valence-electron chi connectivity index (χ4n) is 2.48. The number of hydrogen-bond donors (Lipinski definition) is 0. The van der Waals surface area contributed by atoms with Crippen molar-refractivity contribution in [1.82, 2.24) is 9.78 Å². The number of benzene rings is 2. The number of hydrogen-bond acceptors (Lipinski definition) is 4. The van der Waals surface area contributed by atoms with Crippen molar-refractivity contribution >= 4 is 22.7 Å². The van der Waals surface area contributed by atoms with Gasteiger partial charge in [-0.2, -0.15) is 5.10 Å². The number of ether oxygens (including phenoxy) is 1. The van der Waals surface area contributed by atoms with E-state index in [0.717, 1.165) is 22.2 Å². The Morgan fingerprint density at radius 3 is 2.65 bits per heavy atom. The lowest BCUT2D eigenvalue weighted by atomic mass is 10.2. The van der Waals surface area contributed by atoms with Gasteiger partial charge in [-0.15, -0.1) is 0 Å². The van der Waals surface area contributed by atoms with E-state index in [0.29, 0.717) is 12.2 Å². The maximum Gasteiger partial charge on any atom is 0.270 e. The van der Waals surface area contributed by atoms with Crippen LogP contribution < -0.4 is 4.74 Å². The van der Waals surface area contributed by atoms with Gasteiger partial charge < -0.3 is 4.74 Å². The summed E-state index contributed by atoms with van der Waals surface area (Å²) in [7, 11) is 1.62. The summed E-state index contributed by atoms with van der Waals surface area (Å²) in [6, 6.07) is 12.4. The van der Waals surface area contributed by atoms with Crippen molar-refractivity contribution in [2.75, 3.05) is 7.11 Å². The molecule has 0 bridgehead atoms. The molecule has 0 N–H and O–H groups in total. The molecule has 0 unspecified atom stereocenters. The van der Waals surface area contributed by atoms with Gasteiger partial charge in [-0.3, -0.25) is 14.8 Å². The number of nitrogens with zero attached hydrogens (tertiary/aromatic N) is 3. The van der Waals surface area contributed by atoms with E-state index >= 15 is 0 Å². The third-order valence-corrected chi connectivity index (χ3v) is 3.66. The molecule has 1 aromatic heterocycles. The summed E-state index contributed by atoms with van der Waals surface area (Å²) < 4.78 is 6.96. The fraction of sp³-hybridized carbons (Fsp3) is 0.118. The fourth-order valence-corrected chi connectivity index (χ4v) is 2.48. The van der Waals surface area contributed by atoms with Crippen molar-refractivity contribution in [3.63, 3.8) is 0 Å². The standard InChI is InChI=1S/C17H15N3O3/c1-3-16-15-10-13(20(21)22)6-9-17(15)19(18-16)11-12-4-7-14(23-2)8-5-12/h3-10H,1,11H2,2H3. The van der Waals surface area contributed by atoms with E-state index in [1.807, 2.05) is 28.9 Å². The van der Waals surface area contributed by atoms with Crippen molar-refractivity contribution in [1.29, 1.82) is 0 Å². The molecule has 0 saturated heterocycles. The molecule has 6 nitrogen and oxygen atoms in total. The van der Waals surface area contributed by atoms with E-state index in [-0.39, 0.29) is 5.69 Å². The Hall–Kier alpha value is -3.15. The van der Waals surface area contributed by atoms with E-state index in [1.165, 1.54) is 12.1 Å². The van der Waals surface area contributed by atoms with Gasteiger partial charge in [0.1, 0.15) is 5.75 Å². The molecule has 1 heterocycles. The van der Waals surface area contributed by atoms with E-state index < -0.39 is 4.92 Å². The summed E-state index contributed by atoms with van der Waals surface area (Å²) >= 11 is 0. The van der Waals surface area contributed by atoms with Crippen LogP contribution in [0.2, 0.25) is 0 Å². The van der Waals surface area contributed by atoms with Gasteiger partial charge in [0, 0.05) is 17.5 Å². The van der Waals surface area contributed by atoms with Gasteiger partial charge in [0.15, 0.2) is 0 Å². The van der Waals surface area contributed by atoms with Crippen molar-refractivity contribution in [3.8, 4) is 5.75 Å². The molecule has 0 amide bonds. The lowest BCUT2D eigenvalue weighted by Gasteiger charge is -2.05. The van der Waals surface area contributed by atoms with Crippen molar-refractivity contribution in [2.24, 2.45) is 0 Å². The second-order valence-electron chi connectivity index (χ2n) is 5.05. The minimum Gasteiger partial charge on any atom is -0.497 e. The quantitative estimate of drug-likeness (QED) is 0.533. The van der Waals surface area contributed by atoms with E-state index in [9.17, 15) is 10.1 Å². The number of rotatable bonds is 5. The van der Waals surface area contributed by atoms with Crippen LogP contribution in [0.25, 0.3) is 17.0 Å². The summed E-state index contributed by atoms with van der Waals surface area (Å²) in [5.41, 5.74) is 2.58. The molecule has 0 atom stereocenters. The topological polar surface area (TPSA) is 70.2 Å². The van der Waals surface area contributed by atoms with Crippen LogP contribution in [0.4, 0.5) is 5.69 Å². The van der Waals surface area contributed by atoms with Gasteiger partial charge in [0.05, 0.1) is 29.8 Å². The maximum atomic E-state index is 10.9. The van der Waals surface area contributed by atoms with Crippen LogP contribution in [0.1, 0.15) is 11.3 Å². The largest absolute Gasteiger partial charge is 0.497 e. The van der Waals surface area contributed by atoms with E-state index in [2.05, 4.69) is 11.7 Å². The molecule has 0 aliphatic carbocycles. The molecule has 0 radical (unpaired) electrons. The van der Waals surface area contributed by atoms with Gasteiger partial charge in [-0.1, -0.05) is 18.7 Å². The Labute approximate surface area is 132 Å². The first-order valence-electron chi connectivity index (χ1n) is 7.02.